The van der Waals surface area contributed by atoms with Crippen LogP contribution >= 0.6 is 0 Å². The summed E-state index contributed by atoms with van der Waals surface area (Å²) in [4.78, 5) is 15.2. The van der Waals surface area contributed by atoms with Crippen molar-refractivity contribution in [1.82, 2.24) is 15.5 Å². The first-order valence-corrected chi connectivity index (χ1v) is 6.97. The van der Waals surface area contributed by atoms with Gasteiger partial charge in [-0.15, -0.1) is 0 Å². The summed E-state index contributed by atoms with van der Waals surface area (Å²) in [6.45, 7) is 3.53. The third-order valence-electron chi connectivity index (χ3n) is 3.39. The number of benzene rings is 1. The monoisotopic (exact) mass is 343 g/mol. The molecule has 1 aromatic carbocycles. The van der Waals surface area contributed by atoms with Crippen molar-refractivity contribution in [3.8, 4) is 11.4 Å². The Morgan fingerprint density at radius 1 is 1.25 bits per heavy atom. The highest BCUT2D eigenvalue weighted by Crippen LogP contribution is 2.29. The lowest BCUT2D eigenvalue weighted by molar-refractivity contribution is -0.159. The molecule has 9 heteroatoms. The summed E-state index contributed by atoms with van der Waals surface area (Å²) in [7, 11) is 1.44. The van der Waals surface area contributed by atoms with Crippen LogP contribution in [0.1, 0.15) is 25.3 Å². The molecule has 0 aliphatic rings. The first-order chi connectivity index (χ1) is 11.1. The number of carbonyl (C=O) groups is 1. The third-order valence-corrected chi connectivity index (χ3v) is 3.39. The Labute approximate surface area is 136 Å². The summed E-state index contributed by atoms with van der Waals surface area (Å²) in [5.74, 6) is -1.82. The van der Waals surface area contributed by atoms with Crippen molar-refractivity contribution in [2.24, 2.45) is 0 Å². The minimum atomic E-state index is -4.68. The van der Waals surface area contributed by atoms with Crippen molar-refractivity contribution in [2.75, 3.05) is 7.11 Å². The molecule has 0 fully saturated rings. The van der Waals surface area contributed by atoms with E-state index in [1.54, 1.807) is 38.1 Å². The van der Waals surface area contributed by atoms with Crippen LogP contribution in [0.5, 0.6) is 0 Å². The number of methoxy groups -OCH3 is 1. The molecular weight excluding hydrogens is 327 g/mol. The lowest BCUT2D eigenvalue weighted by Crippen LogP contribution is -2.43. The number of hydrogen-bond acceptors (Lipinski definition) is 5. The molecule has 0 spiro atoms. The molecule has 2 rings (SSSR count). The number of nitrogens with zero attached hydrogens (tertiary/aromatic N) is 2. The molecule has 1 aromatic heterocycles. The fourth-order valence-corrected chi connectivity index (χ4v) is 1.72. The van der Waals surface area contributed by atoms with Crippen LogP contribution in [-0.4, -0.2) is 28.8 Å². The van der Waals surface area contributed by atoms with Crippen LogP contribution < -0.4 is 5.32 Å². The SMILES string of the molecule is COC(C)(C)C(=O)NCc1ccc(-c2noc(C(F)(F)F)n2)cc1. The molecule has 2 aromatic rings. The van der Waals surface area contributed by atoms with Crippen LogP contribution in [0.4, 0.5) is 13.2 Å². The van der Waals surface area contributed by atoms with E-state index >= 15 is 0 Å². The standard InChI is InChI=1S/C15H16F3N3O3/c1-14(2,23-3)12(22)19-8-9-4-6-10(7-5-9)11-20-13(24-21-11)15(16,17)18/h4-7H,8H2,1-3H3,(H,19,22). The number of hydrogen-bond donors (Lipinski definition) is 1. The Morgan fingerprint density at radius 3 is 2.38 bits per heavy atom. The van der Waals surface area contributed by atoms with Gasteiger partial charge in [-0.1, -0.05) is 29.4 Å². The van der Waals surface area contributed by atoms with E-state index in [1.165, 1.54) is 7.11 Å². The maximum atomic E-state index is 12.4. The molecule has 130 valence electrons. The molecule has 0 aliphatic carbocycles. The fraction of sp³-hybridized carbons (Fsp3) is 0.400. The highest BCUT2D eigenvalue weighted by molar-refractivity contribution is 5.84. The van der Waals surface area contributed by atoms with Crippen LogP contribution in [0, 0.1) is 0 Å². The Balaban J connectivity index is 2.03. The van der Waals surface area contributed by atoms with Crippen molar-refractivity contribution < 1.29 is 27.2 Å². The lowest BCUT2D eigenvalue weighted by atomic mass is 10.1. The lowest BCUT2D eigenvalue weighted by Gasteiger charge is -2.21. The van der Waals surface area contributed by atoms with Crippen LogP contribution in [0.3, 0.4) is 0 Å². The molecule has 24 heavy (non-hydrogen) atoms. The molecule has 0 saturated carbocycles. The van der Waals surface area contributed by atoms with Gasteiger partial charge in [-0.05, 0) is 19.4 Å². The summed E-state index contributed by atoms with van der Waals surface area (Å²) in [6, 6.07) is 6.40. The van der Waals surface area contributed by atoms with Gasteiger partial charge in [0.15, 0.2) is 0 Å². The zero-order chi connectivity index (χ0) is 18.0. The molecule has 6 nitrogen and oxygen atoms in total. The van der Waals surface area contributed by atoms with E-state index in [9.17, 15) is 18.0 Å². The van der Waals surface area contributed by atoms with E-state index in [0.29, 0.717) is 5.56 Å². The average Bonchev–Trinajstić information content (AvgIpc) is 3.03. The summed E-state index contributed by atoms with van der Waals surface area (Å²) < 4.78 is 46.6. The van der Waals surface area contributed by atoms with Crippen LogP contribution in [0.25, 0.3) is 11.4 Å². The largest absolute Gasteiger partial charge is 0.471 e. The first kappa shape index (κ1) is 17.9. The summed E-state index contributed by atoms with van der Waals surface area (Å²) in [5.41, 5.74) is 0.193. The molecule has 0 unspecified atom stereocenters. The van der Waals surface area contributed by atoms with Gasteiger partial charge in [0.2, 0.25) is 5.82 Å². The van der Waals surface area contributed by atoms with E-state index in [4.69, 9.17) is 4.74 Å². The molecule has 0 radical (unpaired) electrons. The minimum absolute atomic E-state index is 0.154. The minimum Gasteiger partial charge on any atom is -0.369 e. The Kier molecular flexibility index (Phi) is 4.93. The number of alkyl halides is 3. The van der Waals surface area contributed by atoms with E-state index in [-0.39, 0.29) is 18.3 Å². The van der Waals surface area contributed by atoms with Crippen molar-refractivity contribution in [1.29, 1.82) is 0 Å². The highest BCUT2D eigenvalue weighted by Gasteiger charge is 2.38. The molecular formula is C15H16F3N3O3. The van der Waals surface area contributed by atoms with Gasteiger partial charge in [0.1, 0.15) is 5.60 Å². The second kappa shape index (κ2) is 6.60. The highest BCUT2D eigenvalue weighted by atomic mass is 19.4. The number of halogens is 3. The predicted molar refractivity (Wildman–Crippen MR) is 77.7 cm³/mol. The van der Waals surface area contributed by atoms with Gasteiger partial charge in [-0.3, -0.25) is 4.79 Å². The van der Waals surface area contributed by atoms with Crippen molar-refractivity contribution in [3.05, 3.63) is 35.7 Å². The molecule has 0 bridgehead atoms. The molecule has 0 saturated heterocycles. The van der Waals surface area contributed by atoms with Crippen LogP contribution in [0.15, 0.2) is 28.8 Å². The normalized spacial score (nSPS) is 12.2. The van der Waals surface area contributed by atoms with E-state index in [2.05, 4.69) is 20.0 Å². The number of carbonyl (C=O) groups excluding carboxylic acids is 1. The van der Waals surface area contributed by atoms with Gasteiger partial charge in [-0.2, -0.15) is 18.2 Å². The quantitative estimate of drug-likeness (QED) is 0.903. The van der Waals surface area contributed by atoms with Gasteiger partial charge in [0, 0.05) is 19.2 Å². The van der Waals surface area contributed by atoms with Gasteiger partial charge in [0.25, 0.3) is 5.91 Å². The van der Waals surface area contributed by atoms with Crippen molar-refractivity contribution in [3.63, 3.8) is 0 Å². The number of rotatable bonds is 5. The smallest absolute Gasteiger partial charge is 0.369 e. The molecule has 1 heterocycles. The topological polar surface area (TPSA) is 77.2 Å². The number of aromatic nitrogens is 2. The zero-order valence-corrected chi connectivity index (χ0v) is 13.3. The van der Waals surface area contributed by atoms with Gasteiger partial charge in [-0.25, -0.2) is 0 Å². The maximum absolute atomic E-state index is 12.4. The Bertz CT molecular complexity index is 709. The number of nitrogens with one attached hydrogen (secondary N) is 1. The van der Waals surface area contributed by atoms with Crippen molar-refractivity contribution in [2.45, 2.75) is 32.2 Å². The average molecular weight is 343 g/mol. The molecule has 0 atom stereocenters. The Hall–Kier alpha value is -2.42. The van der Waals surface area contributed by atoms with Gasteiger partial charge in [0.05, 0.1) is 0 Å². The van der Waals surface area contributed by atoms with Gasteiger partial charge < -0.3 is 14.6 Å². The molecule has 0 aliphatic heterocycles. The number of ether oxygens (including phenoxy) is 1. The molecule has 1 amide bonds. The van der Waals surface area contributed by atoms with E-state index in [1.807, 2.05) is 0 Å². The van der Waals surface area contributed by atoms with Gasteiger partial charge >= 0.3 is 12.1 Å². The van der Waals surface area contributed by atoms with E-state index < -0.39 is 17.7 Å². The second-order valence-electron chi connectivity index (χ2n) is 5.51. The summed E-state index contributed by atoms with van der Waals surface area (Å²) in [6.07, 6.45) is -4.68. The molecule has 1 N–H and O–H groups in total. The fourth-order valence-electron chi connectivity index (χ4n) is 1.72. The van der Waals surface area contributed by atoms with Crippen LogP contribution in [0.2, 0.25) is 0 Å². The second-order valence-corrected chi connectivity index (χ2v) is 5.51. The van der Waals surface area contributed by atoms with E-state index in [0.717, 1.165) is 5.56 Å². The van der Waals surface area contributed by atoms with Crippen LogP contribution in [-0.2, 0) is 22.3 Å². The first-order valence-electron chi connectivity index (χ1n) is 6.97. The Morgan fingerprint density at radius 2 is 1.88 bits per heavy atom. The summed E-state index contributed by atoms with van der Waals surface area (Å²) in [5, 5.41) is 6.02. The maximum Gasteiger partial charge on any atom is 0.471 e. The third kappa shape index (κ3) is 4.10. The van der Waals surface area contributed by atoms with Crippen molar-refractivity contribution >= 4 is 5.91 Å². The summed E-state index contributed by atoms with van der Waals surface area (Å²) >= 11 is 0. The zero-order valence-electron chi connectivity index (χ0n) is 13.3. The predicted octanol–water partition coefficient (Wildman–Crippen LogP) is 2.80. The number of amides is 1.